The quantitative estimate of drug-likeness (QED) is 0.169. The summed E-state index contributed by atoms with van der Waals surface area (Å²) in [5, 5.41) is 6.36. The van der Waals surface area contributed by atoms with E-state index in [-0.39, 0.29) is 12.6 Å². The summed E-state index contributed by atoms with van der Waals surface area (Å²) in [7, 11) is 0. The van der Waals surface area contributed by atoms with Crippen LogP contribution in [0, 0.1) is 5.82 Å². The molecule has 37 heavy (non-hydrogen) atoms. The summed E-state index contributed by atoms with van der Waals surface area (Å²) in [6.45, 7) is 3.02. The molecule has 0 spiro atoms. The fourth-order valence-electron chi connectivity index (χ4n) is 4.48. The standard InChI is InChI=1S/C27H26F4N4O2/c28-19-11-18(12-20(13-19)37-27(29,30)31)14-32-8-3-4-10-36-21-16-35(17-21)26-23-7-9-33-15-24(23)22-5-1-2-6-25(22)34-26/h1-2,5-7,9,11-13,15,21,32H,3-4,8,10,14,16-17H2. The van der Waals surface area contributed by atoms with Crippen molar-refractivity contribution in [3.05, 3.63) is 72.3 Å². The van der Waals surface area contributed by atoms with E-state index in [1.54, 1.807) is 6.20 Å². The Bertz CT molecular complexity index is 1380. The monoisotopic (exact) mass is 514 g/mol. The first-order valence-electron chi connectivity index (χ1n) is 12.1. The van der Waals surface area contributed by atoms with Gasteiger partial charge in [0, 0.05) is 60.9 Å². The van der Waals surface area contributed by atoms with Gasteiger partial charge in [0.25, 0.3) is 0 Å². The number of fused-ring (bicyclic) bond motifs is 3. The highest BCUT2D eigenvalue weighted by molar-refractivity contribution is 6.09. The number of rotatable bonds is 10. The first kappa shape index (κ1) is 25.2. The van der Waals surface area contributed by atoms with Gasteiger partial charge in [-0.25, -0.2) is 9.37 Å². The lowest BCUT2D eigenvalue weighted by Crippen LogP contribution is -2.52. The molecule has 10 heteroatoms. The predicted molar refractivity (Wildman–Crippen MR) is 133 cm³/mol. The second-order valence-corrected chi connectivity index (χ2v) is 9.00. The van der Waals surface area contributed by atoms with E-state index >= 15 is 0 Å². The third-order valence-corrected chi connectivity index (χ3v) is 6.23. The smallest absolute Gasteiger partial charge is 0.406 e. The van der Waals surface area contributed by atoms with E-state index in [1.807, 2.05) is 30.5 Å². The van der Waals surface area contributed by atoms with Gasteiger partial charge in [0.1, 0.15) is 17.4 Å². The number of halogens is 4. The van der Waals surface area contributed by atoms with Crippen molar-refractivity contribution in [3.63, 3.8) is 0 Å². The maximum atomic E-state index is 13.6. The molecule has 1 fully saturated rings. The SMILES string of the molecule is Fc1cc(CNCCCCOC2CN(c3nc4ccccc4c4cnccc34)C2)cc(OC(F)(F)F)c1. The van der Waals surface area contributed by atoms with Gasteiger partial charge < -0.3 is 19.7 Å². The number of anilines is 1. The number of ether oxygens (including phenoxy) is 2. The average molecular weight is 515 g/mol. The summed E-state index contributed by atoms with van der Waals surface area (Å²) in [5.41, 5.74) is 1.33. The van der Waals surface area contributed by atoms with Crippen LogP contribution in [-0.4, -0.2) is 48.7 Å². The van der Waals surface area contributed by atoms with E-state index in [2.05, 4.69) is 26.0 Å². The minimum absolute atomic E-state index is 0.137. The Morgan fingerprint density at radius 3 is 2.68 bits per heavy atom. The van der Waals surface area contributed by atoms with E-state index in [0.29, 0.717) is 24.8 Å². The molecule has 3 heterocycles. The van der Waals surface area contributed by atoms with E-state index in [1.165, 1.54) is 12.1 Å². The summed E-state index contributed by atoms with van der Waals surface area (Å²) in [5.74, 6) is -0.387. The topological polar surface area (TPSA) is 59.5 Å². The van der Waals surface area contributed by atoms with E-state index < -0.39 is 17.9 Å². The molecule has 4 aromatic rings. The summed E-state index contributed by atoms with van der Waals surface area (Å²) < 4.78 is 60.5. The molecule has 194 valence electrons. The first-order valence-corrected chi connectivity index (χ1v) is 12.1. The highest BCUT2D eigenvalue weighted by Crippen LogP contribution is 2.33. The Hall–Kier alpha value is -3.50. The van der Waals surface area contributed by atoms with Crippen molar-refractivity contribution in [2.75, 3.05) is 31.1 Å². The van der Waals surface area contributed by atoms with Crippen LogP contribution in [0.4, 0.5) is 23.4 Å². The Labute approximate surface area is 211 Å². The van der Waals surface area contributed by atoms with Gasteiger partial charge in [0.15, 0.2) is 0 Å². The molecular weight excluding hydrogens is 488 g/mol. The number of pyridine rings is 2. The number of benzene rings is 2. The second kappa shape index (κ2) is 10.9. The average Bonchev–Trinajstić information content (AvgIpc) is 2.83. The molecule has 1 N–H and O–H groups in total. The molecule has 0 amide bonds. The zero-order chi connectivity index (χ0) is 25.8. The van der Waals surface area contributed by atoms with Gasteiger partial charge in [-0.1, -0.05) is 18.2 Å². The maximum Gasteiger partial charge on any atom is 0.573 e. The highest BCUT2D eigenvalue weighted by Gasteiger charge is 2.31. The molecule has 0 radical (unpaired) electrons. The minimum atomic E-state index is -4.85. The molecule has 0 saturated carbocycles. The second-order valence-electron chi connectivity index (χ2n) is 9.00. The molecule has 1 aliphatic heterocycles. The number of hydrogen-bond acceptors (Lipinski definition) is 6. The molecule has 0 atom stereocenters. The predicted octanol–water partition coefficient (Wildman–Crippen LogP) is 5.60. The zero-order valence-corrected chi connectivity index (χ0v) is 20.0. The number of unbranched alkanes of at least 4 members (excludes halogenated alkanes) is 1. The van der Waals surface area contributed by atoms with Gasteiger partial charge in [-0.2, -0.15) is 0 Å². The Balaban J connectivity index is 1.03. The van der Waals surface area contributed by atoms with E-state index in [4.69, 9.17) is 9.72 Å². The number of nitrogens with one attached hydrogen (secondary N) is 1. The molecule has 0 aliphatic carbocycles. The van der Waals surface area contributed by atoms with E-state index in [9.17, 15) is 17.6 Å². The number of hydrogen-bond donors (Lipinski definition) is 1. The Kier molecular flexibility index (Phi) is 7.38. The van der Waals surface area contributed by atoms with Crippen LogP contribution in [0.25, 0.3) is 21.7 Å². The van der Waals surface area contributed by atoms with Crippen LogP contribution in [0.1, 0.15) is 18.4 Å². The van der Waals surface area contributed by atoms with E-state index in [0.717, 1.165) is 53.4 Å². The summed E-state index contributed by atoms with van der Waals surface area (Å²) in [6.07, 6.45) is 0.603. The van der Waals surface area contributed by atoms with Gasteiger partial charge in [0.05, 0.1) is 11.6 Å². The van der Waals surface area contributed by atoms with Crippen molar-refractivity contribution in [1.29, 1.82) is 0 Å². The van der Waals surface area contributed by atoms with Crippen molar-refractivity contribution in [2.45, 2.75) is 31.9 Å². The molecule has 2 aromatic carbocycles. The van der Waals surface area contributed by atoms with Gasteiger partial charge >= 0.3 is 6.36 Å². The zero-order valence-electron chi connectivity index (χ0n) is 20.0. The normalized spacial score (nSPS) is 14.3. The minimum Gasteiger partial charge on any atom is -0.406 e. The maximum absolute atomic E-state index is 13.6. The highest BCUT2D eigenvalue weighted by atomic mass is 19.4. The van der Waals surface area contributed by atoms with Crippen LogP contribution in [0.2, 0.25) is 0 Å². The molecular formula is C27H26F4N4O2. The third kappa shape index (κ3) is 6.26. The lowest BCUT2D eigenvalue weighted by molar-refractivity contribution is -0.274. The molecule has 0 unspecified atom stereocenters. The Morgan fingerprint density at radius 1 is 1.00 bits per heavy atom. The van der Waals surface area contributed by atoms with Gasteiger partial charge in [-0.15, -0.1) is 13.2 Å². The molecule has 1 saturated heterocycles. The fourth-order valence-corrected chi connectivity index (χ4v) is 4.48. The van der Waals surface area contributed by atoms with Gasteiger partial charge in [-0.05, 0) is 49.2 Å². The van der Waals surface area contributed by atoms with Crippen LogP contribution < -0.4 is 15.0 Å². The van der Waals surface area contributed by atoms with Crippen molar-refractivity contribution in [2.24, 2.45) is 0 Å². The lowest BCUT2D eigenvalue weighted by Gasteiger charge is -2.40. The molecule has 0 bridgehead atoms. The first-order chi connectivity index (χ1) is 17.9. The van der Waals surface area contributed by atoms with Gasteiger partial charge in [0.2, 0.25) is 0 Å². The van der Waals surface area contributed by atoms with Crippen LogP contribution in [-0.2, 0) is 11.3 Å². The molecule has 2 aromatic heterocycles. The number of nitrogens with zero attached hydrogens (tertiary/aromatic N) is 3. The molecule has 6 nitrogen and oxygen atoms in total. The number of aromatic nitrogens is 2. The Morgan fingerprint density at radius 2 is 1.84 bits per heavy atom. The summed E-state index contributed by atoms with van der Waals surface area (Å²) in [6, 6.07) is 13.1. The van der Waals surface area contributed by atoms with Crippen molar-refractivity contribution in [1.82, 2.24) is 15.3 Å². The third-order valence-electron chi connectivity index (χ3n) is 6.23. The van der Waals surface area contributed by atoms with Crippen LogP contribution in [0.15, 0.2) is 60.9 Å². The van der Waals surface area contributed by atoms with Crippen molar-refractivity contribution in [3.8, 4) is 5.75 Å². The summed E-state index contributed by atoms with van der Waals surface area (Å²) >= 11 is 0. The van der Waals surface area contributed by atoms with Crippen LogP contribution >= 0.6 is 0 Å². The molecule has 5 rings (SSSR count). The van der Waals surface area contributed by atoms with Crippen LogP contribution in [0.3, 0.4) is 0 Å². The number of para-hydroxylation sites is 1. The number of alkyl halides is 3. The lowest BCUT2D eigenvalue weighted by atomic mass is 10.1. The molecule has 1 aliphatic rings. The van der Waals surface area contributed by atoms with Gasteiger partial charge in [-0.3, -0.25) is 4.98 Å². The van der Waals surface area contributed by atoms with Crippen molar-refractivity contribution < 1.29 is 27.0 Å². The van der Waals surface area contributed by atoms with Crippen molar-refractivity contribution >= 4 is 27.5 Å². The fraction of sp³-hybridized carbons (Fsp3) is 0.333. The van der Waals surface area contributed by atoms with Crippen LogP contribution in [0.5, 0.6) is 5.75 Å². The summed E-state index contributed by atoms with van der Waals surface area (Å²) in [4.78, 5) is 11.4. The largest absolute Gasteiger partial charge is 0.573 e.